The van der Waals surface area contributed by atoms with Crippen LogP contribution >= 0.6 is 7.60 Å². The van der Waals surface area contributed by atoms with Gasteiger partial charge in [0.25, 0.3) is 0 Å². The number of hydrogen-bond acceptors (Lipinski definition) is 4. The van der Waals surface area contributed by atoms with Crippen LogP contribution < -0.4 is 0 Å². The number of hydrogen-bond donors (Lipinski definition) is 1. The van der Waals surface area contributed by atoms with Crippen molar-refractivity contribution in [1.29, 1.82) is 0 Å². The molecule has 0 fully saturated rings. The average Bonchev–Trinajstić information content (AvgIpc) is 2.37. The third-order valence-corrected chi connectivity index (χ3v) is 4.72. The molecule has 4 nitrogen and oxygen atoms in total. The summed E-state index contributed by atoms with van der Waals surface area (Å²) in [5, 5.41) is 9.98. The van der Waals surface area contributed by atoms with Gasteiger partial charge in [-0.05, 0) is 5.56 Å². The highest BCUT2D eigenvalue weighted by molar-refractivity contribution is 7.54. The molecule has 1 aromatic rings. The van der Waals surface area contributed by atoms with E-state index in [1.165, 1.54) is 14.2 Å². The summed E-state index contributed by atoms with van der Waals surface area (Å²) in [6.07, 6.45) is 0. The highest BCUT2D eigenvalue weighted by atomic mass is 31.2. The van der Waals surface area contributed by atoms with Gasteiger partial charge in [0.1, 0.15) is 0 Å². The summed E-state index contributed by atoms with van der Waals surface area (Å²) in [6, 6.07) is 9.34. The van der Waals surface area contributed by atoms with Gasteiger partial charge in [0.15, 0.2) is 5.85 Å². The highest BCUT2D eigenvalue weighted by Crippen LogP contribution is 2.54. The van der Waals surface area contributed by atoms with Crippen LogP contribution in [-0.2, 0) is 13.6 Å². The molecule has 0 aliphatic carbocycles. The maximum absolute atomic E-state index is 12.0. The fraction of sp³-hybridized carbons (Fsp3) is 0.455. The fourth-order valence-electron chi connectivity index (χ4n) is 1.49. The van der Waals surface area contributed by atoms with E-state index in [1.54, 1.807) is 6.92 Å². The molecule has 1 rings (SSSR count). The van der Waals surface area contributed by atoms with Gasteiger partial charge in [-0.2, -0.15) is 0 Å². The van der Waals surface area contributed by atoms with E-state index in [0.29, 0.717) is 0 Å². The van der Waals surface area contributed by atoms with Crippen LogP contribution in [0.25, 0.3) is 0 Å². The van der Waals surface area contributed by atoms with Gasteiger partial charge in [-0.25, -0.2) is 0 Å². The molecule has 1 aromatic carbocycles. The molecule has 0 unspecified atom stereocenters. The van der Waals surface area contributed by atoms with Crippen molar-refractivity contribution in [3.8, 4) is 0 Å². The minimum Gasteiger partial charge on any atom is -0.380 e. The first-order chi connectivity index (χ1) is 7.55. The largest absolute Gasteiger partial charge is 0.380 e. The van der Waals surface area contributed by atoms with Gasteiger partial charge in [-0.1, -0.05) is 37.3 Å². The van der Waals surface area contributed by atoms with Gasteiger partial charge >= 0.3 is 7.60 Å². The Labute approximate surface area is 95.7 Å². The van der Waals surface area contributed by atoms with Gasteiger partial charge < -0.3 is 14.2 Å². The van der Waals surface area contributed by atoms with E-state index < -0.39 is 13.4 Å². The topological polar surface area (TPSA) is 55.8 Å². The molecule has 0 spiro atoms. The van der Waals surface area contributed by atoms with Crippen LogP contribution in [0.15, 0.2) is 30.3 Å². The summed E-state index contributed by atoms with van der Waals surface area (Å²) in [4.78, 5) is 0. The van der Waals surface area contributed by atoms with Gasteiger partial charge in [0.2, 0.25) is 0 Å². The molecular weight excluding hydrogens is 227 g/mol. The van der Waals surface area contributed by atoms with Crippen molar-refractivity contribution in [3.63, 3.8) is 0 Å². The first-order valence-electron chi connectivity index (χ1n) is 4.99. The monoisotopic (exact) mass is 244 g/mol. The summed E-state index contributed by atoms with van der Waals surface area (Å²) >= 11 is 0. The second kappa shape index (κ2) is 5.60. The minimum atomic E-state index is -3.44. The highest BCUT2D eigenvalue weighted by Gasteiger charge is 2.36. The Bertz CT molecular complexity index is 358. The molecule has 0 bridgehead atoms. The Balaban J connectivity index is 2.90. The lowest BCUT2D eigenvalue weighted by Gasteiger charge is -2.25. The second-order valence-electron chi connectivity index (χ2n) is 3.52. The zero-order chi connectivity index (χ0) is 12.2. The van der Waals surface area contributed by atoms with E-state index in [2.05, 4.69) is 0 Å². The van der Waals surface area contributed by atoms with Gasteiger partial charge in [0, 0.05) is 20.1 Å². The predicted molar refractivity (Wildman–Crippen MR) is 62.5 cm³/mol. The zero-order valence-electron chi connectivity index (χ0n) is 9.66. The normalized spacial score (nSPS) is 15.8. The zero-order valence-corrected chi connectivity index (χ0v) is 10.6. The molecule has 0 aromatic heterocycles. The summed E-state index contributed by atoms with van der Waals surface area (Å²) < 4.78 is 21.5. The van der Waals surface area contributed by atoms with Gasteiger partial charge in [-0.15, -0.1) is 0 Å². The maximum atomic E-state index is 12.0. The van der Waals surface area contributed by atoms with Crippen LogP contribution in [0.2, 0.25) is 0 Å². The van der Waals surface area contributed by atoms with Crippen molar-refractivity contribution in [3.05, 3.63) is 35.9 Å². The summed E-state index contributed by atoms with van der Waals surface area (Å²) in [5.41, 5.74) is 0.893. The van der Waals surface area contributed by atoms with E-state index in [0.717, 1.165) is 5.56 Å². The quantitative estimate of drug-likeness (QED) is 0.809. The maximum Gasteiger partial charge on any atom is 0.358 e. The molecule has 0 aliphatic rings. The standard InChI is InChI=1S/C11H17O4P/c1-9(10-7-5-4-6-8-10)11(12)16(13,14-2)15-3/h4-9,11-12H,1-3H3/t9-,11-/m0/s1. The summed E-state index contributed by atoms with van der Waals surface area (Å²) in [5.74, 6) is -1.48. The Morgan fingerprint density at radius 1 is 1.19 bits per heavy atom. The molecular formula is C11H17O4P. The smallest absolute Gasteiger partial charge is 0.358 e. The van der Waals surface area contributed by atoms with E-state index in [9.17, 15) is 9.67 Å². The van der Waals surface area contributed by atoms with Gasteiger partial charge in [-0.3, -0.25) is 4.57 Å². The molecule has 0 aliphatic heterocycles. The summed E-state index contributed by atoms with van der Waals surface area (Å²) in [7, 11) is -0.900. The van der Waals surface area contributed by atoms with Crippen molar-refractivity contribution < 1.29 is 18.7 Å². The van der Waals surface area contributed by atoms with Crippen molar-refractivity contribution in [2.45, 2.75) is 18.7 Å². The van der Waals surface area contributed by atoms with Crippen LogP contribution in [0.3, 0.4) is 0 Å². The van der Waals surface area contributed by atoms with Crippen molar-refractivity contribution in [2.75, 3.05) is 14.2 Å². The first kappa shape index (κ1) is 13.4. The van der Waals surface area contributed by atoms with E-state index in [-0.39, 0.29) is 5.92 Å². The molecule has 1 N–H and O–H groups in total. The van der Waals surface area contributed by atoms with Crippen LogP contribution in [0.5, 0.6) is 0 Å². The van der Waals surface area contributed by atoms with E-state index in [1.807, 2.05) is 30.3 Å². The van der Waals surface area contributed by atoms with Crippen LogP contribution in [0.4, 0.5) is 0 Å². The molecule has 0 saturated heterocycles. The van der Waals surface area contributed by atoms with E-state index in [4.69, 9.17) is 9.05 Å². The number of benzene rings is 1. The lowest BCUT2D eigenvalue weighted by Crippen LogP contribution is -2.18. The Hall–Kier alpha value is -0.670. The van der Waals surface area contributed by atoms with Crippen molar-refractivity contribution in [2.24, 2.45) is 0 Å². The van der Waals surface area contributed by atoms with Crippen LogP contribution in [0, 0.1) is 0 Å². The number of aliphatic hydroxyl groups excluding tert-OH is 1. The Morgan fingerprint density at radius 2 is 1.69 bits per heavy atom. The third kappa shape index (κ3) is 2.71. The molecule has 0 radical (unpaired) electrons. The molecule has 0 amide bonds. The Kier molecular flexibility index (Phi) is 4.69. The molecule has 0 heterocycles. The summed E-state index contributed by atoms with van der Waals surface area (Å²) in [6.45, 7) is 1.78. The predicted octanol–water partition coefficient (Wildman–Crippen LogP) is 2.59. The molecule has 0 saturated carbocycles. The molecule has 2 atom stereocenters. The van der Waals surface area contributed by atoms with E-state index >= 15 is 0 Å². The number of rotatable bonds is 5. The minimum absolute atomic E-state index is 0.313. The lowest BCUT2D eigenvalue weighted by molar-refractivity contribution is 0.158. The van der Waals surface area contributed by atoms with Crippen molar-refractivity contribution >= 4 is 7.60 Å². The van der Waals surface area contributed by atoms with Crippen molar-refractivity contribution in [1.82, 2.24) is 0 Å². The van der Waals surface area contributed by atoms with Crippen LogP contribution in [-0.4, -0.2) is 25.2 Å². The Morgan fingerprint density at radius 3 is 2.12 bits per heavy atom. The molecule has 5 heteroatoms. The third-order valence-electron chi connectivity index (χ3n) is 2.61. The SMILES string of the molecule is COP(=O)(OC)[C@H](O)[C@@H](C)c1ccccc1. The fourth-order valence-corrected chi connectivity index (χ4v) is 2.79. The first-order valence-corrected chi connectivity index (χ1v) is 6.60. The van der Waals surface area contributed by atoms with Crippen LogP contribution in [0.1, 0.15) is 18.4 Å². The molecule has 90 valence electrons. The van der Waals surface area contributed by atoms with Gasteiger partial charge in [0.05, 0.1) is 0 Å². The lowest BCUT2D eigenvalue weighted by atomic mass is 10.0. The average molecular weight is 244 g/mol. The number of aliphatic hydroxyl groups is 1. The second-order valence-corrected chi connectivity index (χ2v) is 5.86. The molecule has 16 heavy (non-hydrogen) atoms.